The molecule has 0 unspecified atom stereocenters. The van der Waals surface area contributed by atoms with Crippen LogP contribution in [0.15, 0.2) is 47.8 Å². The molecule has 4 rings (SSSR count). The van der Waals surface area contributed by atoms with Crippen LogP contribution in [0.2, 0.25) is 0 Å². The Hall–Kier alpha value is -2.96. The lowest BCUT2D eigenvalue weighted by Gasteiger charge is -2.36. The minimum absolute atomic E-state index is 0.0161. The third-order valence-electron chi connectivity index (χ3n) is 4.38. The van der Waals surface area contributed by atoms with E-state index in [9.17, 15) is 4.79 Å². The molecule has 7 heteroatoms. The summed E-state index contributed by atoms with van der Waals surface area (Å²) in [6.45, 7) is 3.50. The molecular weight excluding hydrogens is 304 g/mol. The van der Waals surface area contributed by atoms with E-state index in [-0.39, 0.29) is 5.56 Å². The molecule has 24 heavy (non-hydrogen) atoms. The fourth-order valence-electron chi connectivity index (χ4n) is 3.01. The van der Waals surface area contributed by atoms with Gasteiger partial charge in [0.25, 0.3) is 5.56 Å². The van der Waals surface area contributed by atoms with Crippen molar-refractivity contribution >= 4 is 22.5 Å². The molecule has 1 fully saturated rings. The fourth-order valence-corrected chi connectivity index (χ4v) is 3.01. The quantitative estimate of drug-likeness (QED) is 0.702. The molecule has 7 nitrogen and oxygen atoms in total. The van der Waals surface area contributed by atoms with Crippen LogP contribution in [0.4, 0.5) is 11.6 Å². The van der Waals surface area contributed by atoms with Gasteiger partial charge in [-0.15, -0.1) is 0 Å². The lowest BCUT2D eigenvalue weighted by molar-refractivity contribution is 0.640. The van der Waals surface area contributed by atoms with Gasteiger partial charge in [-0.05, 0) is 24.3 Å². The van der Waals surface area contributed by atoms with E-state index in [2.05, 4.69) is 24.8 Å². The SMILES string of the molecule is Cn1cnc2cc(N3CCN(c4ncccn4)CC3)ccc2c1=O. The second-order valence-electron chi connectivity index (χ2n) is 5.88. The molecule has 3 heterocycles. The second kappa shape index (κ2) is 5.92. The summed E-state index contributed by atoms with van der Waals surface area (Å²) >= 11 is 0. The minimum Gasteiger partial charge on any atom is -0.368 e. The summed E-state index contributed by atoms with van der Waals surface area (Å²) in [5.74, 6) is 0.779. The minimum atomic E-state index is -0.0161. The predicted octanol–water partition coefficient (Wildman–Crippen LogP) is 1.05. The second-order valence-corrected chi connectivity index (χ2v) is 5.88. The molecule has 122 valence electrons. The summed E-state index contributed by atoms with van der Waals surface area (Å²) < 4.78 is 1.50. The van der Waals surface area contributed by atoms with Crippen molar-refractivity contribution in [2.75, 3.05) is 36.0 Å². The number of hydrogen-bond donors (Lipinski definition) is 0. The van der Waals surface area contributed by atoms with Crippen molar-refractivity contribution in [2.45, 2.75) is 0 Å². The van der Waals surface area contributed by atoms with E-state index < -0.39 is 0 Å². The number of rotatable bonds is 2. The third kappa shape index (κ3) is 2.58. The van der Waals surface area contributed by atoms with Crippen LogP contribution in [0.3, 0.4) is 0 Å². The molecule has 0 radical (unpaired) electrons. The van der Waals surface area contributed by atoms with Gasteiger partial charge in [-0.2, -0.15) is 0 Å². The number of nitrogens with zero attached hydrogens (tertiary/aromatic N) is 6. The van der Waals surface area contributed by atoms with E-state index in [4.69, 9.17) is 0 Å². The Bertz CT molecular complexity index is 915. The molecule has 0 saturated carbocycles. The molecule has 3 aromatic rings. The van der Waals surface area contributed by atoms with E-state index in [1.54, 1.807) is 25.8 Å². The molecule has 2 aromatic heterocycles. The smallest absolute Gasteiger partial charge is 0.260 e. The number of fused-ring (bicyclic) bond motifs is 1. The van der Waals surface area contributed by atoms with Gasteiger partial charge in [0.15, 0.2) is 0 Å². The van der Waals surface area contributed by atoms with Gasteiger partial charge in [0.2, 0.25) is 5.95 Å². The van der Waals surface area contributed by atoms with Crippen molar-refractivity contribution in [1.82, 2.24) is 19.5 Å². The van der Waals surface area contributed by atoms with Crippen LogP contribution in [-0.2, 0) is 7.05 Å². The van der Waals surface area contributed by atoms with Crippen LogP contribution in [0.5, 0.6) is 0 Å². The lowest BCUT2D eigenvalue weighted by atomic mass is 10.2. The molecular formula is C17H18N6O. The van der Waals surface area contributed by atoms with Crippen molar-refractivity contribution in [2.24, 2.45) is 7.05 Å². The average Bonchev–Trinajstić information content (AvgIpc) is 2.65. The highest BCUT2D eigenvalue weighted by molar-refractivity contribution is 5.81. The van der Waals surface area contributed by atoms with Gasteiger partial charge in [0.05, 0.1) is 17.2 Å². The van der Waals surface area contributed by atoms with Crippen LogP contribution < -0.4 is 15.4 Å². The zero-order valence-electron chi connectivity index (χ0n) is 13.5. The number of aryl methyl sites for hydroxylation is 1. The van der Waals surface area contributed by atoms with Crippen molar-refractivity contribution in [3.8, 4) is 0 Å². The Labute approximate surface area is 139 Å². The standard InChI is InChI=1S/C17H18N6O/c1-21-12-20-15-11-13(3-4-14(15)16(21)24)22-7-9-23(10-8-22)17-18-5-2-6-19-17/h2-6,11-12H,7-10H2,1H3. The van der Waals surface area contributed by atoms with Gasteiger partial charge < -0.3 is 14.4 Å². The number of hydrogen-bond acceptors (Lipinski definition) is 6. The summed E-state index contributed by atoms with van der Waals surface area (Å²) in [6.07, 6.45) is 5.10. The molecule has 1 aliphatic rings. The number of benzene rings is 1. The first-order valence-corrected chi connectivity index (χ1v) is 7.95. The summed E-state index contributed by atoms with van der Waals surface area (Å²) in [5.41, 5.74) is 1.82. The number of anilines is 2. The maximum Gasteiger partial charge on any atom is 0.260 e. The van der Waals surface area contributed by atoms with E-state index in [0.29, 0.717) is 5.39 Å². The first-order chi connectivity index (χ1) is 11.7. The van der Waals surface area contributed by atoms with Gasteiger partial charge in [-0.25, -0.2) is 15.0 Å². The summed E-state index contributed by atoms with van der Waals surface area (Å²) in [4.78, 5) is 29.6. The van der Waals surface area contributed by atoms with Crippen LogP contribution in [0, 0.1) is 0 Å². The van der Waals surface area contributed by atoms with Crippen molar-refractivity contribution in [1.29, 1.82) is 0 Å². The zero-order valence-corrected chi connectivity index (χ0v) is 13.5. The molecule has 0 spiro atoms. The van der Waals surface area contributed by atoms with Crippen molar-refractivity contribution in [3.05, 3.63) is 53.3 Å². The first kappa shape index (κ1) is 14.6. The van der Waals surface area contributed by atoms with Crippen LogP contribution in [0.25, 0.3) is 10.9 Å². The van der Waals surface area contributed by atoms with E-state index in [1.807, 2.05) is 24.3 Å². The Morgan fingerprint density at radius 2 is 1.67 bits per heavy atom. The Morgan fingerprint density at radius 3 is 2.42 bits per heavy atom. The van der Waals surface area contributed by atoms with Gasteiger partial charge >= 0.3 is 0 Å². The van der Waals surface area contributed by atoms with E-state index in [0.717, 1.165) is 43.3 Å². The van der Waals surface area contributed by atoms with Crippen molar-refractivity contribution < 1.29 is 0 Å². The third-order valence-corrected chi connectivity index (χ3v) is 4.38. The van der Waals surface area contributed by atoms with Gasteiger partial charge in [0, 0.05) is 51.3 Å². The Balaban J connectivity index is 1.54. The summed E-state index contributed by atoms with van der Waals surface area (Å²) in [6, 6.07) is 7.68. The maximum atomic E-state index is 12.1. The molecule has 0 atom stereocenters. The normalized spacial score (nSPS) is 15.0. The highest BCUT2D eigenvalue weighted by Crippen LogP contribution is 2.21. The van der Waals surface area contributed by atoms with E-state index >= 15 is 0 Å². The molecule has 1 saturated heterocycles. The number of aromatic nitrogens is 4. The average molecular weight is 322 g/mol. The monoisotopic (exact) mass is 322 g/mol. The Kier molecular flexibility index (Phi) is 3.60. The van der Waals surface area contributed by atoms with Gasteiger partial charge in [-0.3, -0.25) is 4.79 Å². The molecule has 0 amide bonds. The summed E-state index contributed by atoms with van der Waals surface area (Å²) in [7, 11) is 1.72. The van der Waals surface area contributed by atoms with Crippen molar-refractivity contribution in [3.63, 3.8) is 0 Å². The molecule has 0 N–H and O–H groups in total. The highest BCUT2D eigenvalue weighted by Gasteiger charge is 2.19. The number of piperazine rings is 1. The summed E-state index contributed by atoms with van der Waals surface area (Å²) in [5, 5.41) is 0.653. The predicted molar refractivity (Wildman–Crippen MR) is 93.4 cm³/mol. The molecule has 0 bridgehead atoms. The zero-order chi connectivity index (χ0) is 16.5. The van der Waals surface area contributed by atoms with E-state index in [1.165, 1.54) is 4.57 Å². The lowest BCUT2D eigenvalue weighted by Crippen LogP contribution is -2.47. The molecule has 1 aliphatic heterocycles. The van der Waals surface area contributed by atoms with Gasteiger partial charge in [-0.1, -0.05) is 0 Å². The Morgan fingerprint density at radius 1 is 0.958 bits per heavy atom. The largest absolute Gasteiger partial charge is 0.368 e. The topological polar surface area (TPSA) is 67.2 Å². The fraction of sp³-hybridized carbons (Fsp3) is 0.294. The van der Waals surface area contributed by atoms with Crippen LogP contribution >= 0.6 is 0 Å². The van der Waals surface area contributed by atoms with Crippen LogP contribution in [0.1, 0.15) is 0 Å². The maximum absolute atomic E-state index is 12.1. The van der Waals surface area contributed by atoms with Gasteiger partial charge in [0.1, 0.15) is 0 Å². The van der Waals surface area contributed by atoms with Crippen LogP contribution in [-0.4, -0.2) is 45.7 Å². The molecule has 0 aliphatic carbocycles. The molecule has 1 aromatic carbocycles. The first-order valence-electron chi connectivity index (χ1n) is 7.95. The highest BCUT2D eigenvalue weighted by atomic mass is 16.1.